The molecule has 1 heterocycles. The van der Waals surface area contributed by atoms with Crippen molar-refractivity contribution >= 4 is 28.7 Å². The molecule has 1 aliphatic rings. The van der Waals surface area contributed by atoms with E-state index >= 15 is 0 Å². The summed E-state index contributed by atoms with van der Waals surface area (Å²) in [6, 6.07) is 11.1. The lowest BCUT2D eigenvalue weighted by Crippen LogP contribution is -2.42. The Morgan fingerprint density at radius 2 is 1.72 bits per heavy atom. The van der Waals surface area contributed by atoms with Gasteiger partial charge in [0.2, 0.25) is 5.91 Å². The molecule has 8 heteroatoms. The predicted octanol–water partition coefficient (Wildman–Crippen LogP) is 4.02. The number of nitrogens with zero attached hydrogens (tertiary/aromatic N) is 3. The molecule has 1 saturated carbocycles. The van der Waals surface area contributed by atoms with Gasteiger partial charge in [0.15, 0.2) is 5.82 Å². The summed E-state index contributed by atoms with van der Waals surface area (Å²) in [5.41, 5.74) is 2.56. The number of fused-ring (bicyclic) bond motifs is 1. The first-order valence-electron chi connectivity index (χ1n) is 10.6. The van der Waals surface area contributed by atoms with Crippen molar-refractivity contribution in [1.29, 1.82) is 0 Å². The number of nitrogens with one attached hydrogen (secondary N) is 1. The van der Waals surface area contributed by atoms with Crippen LogP contribution in [0.4, 0.5) is 10.2 Å². The Balaban J connectivity index is 1.73. The van der Waals surface area contributed by atoms with Crippen LogP contribution in [0.3, 0.4) is 0 Å². The first-order valence-corrected chi connectivity index (χ1v) is 10.6. The quantitative estimate of drug-likeness (QED) is 0.627. The van der Waals surface area contributed by atoms with Gasteiger partial charge < -0.3 is 15.3 Å². The number of anilines is 1. The molecule has 0 spiro atoms. The molecule has 1 aliphatic carbocycles. The SMILES string of the molecule is CC(=O)NC1CCC(N(C)c2nc3cc(C(=O)O)ccc3nc2-c2ccc(F)cc2)CC1. The van der Waals surface area contributed by atoms with Crippen LogP contribution >= 0.6 is 0 Å². The summed E-state index contributed by atoms with van der Waals surface area (Å²) in [7, 11) is 1.95. The maximum absolute atomic E-state index is 13.5. The van der Waals surface area contributed by atoms with Crippen LogP contribution in [0.15, 0.2) is 42.5 Å². The zero-order chi connectivity index (χ0) is 22.8. The molecule has 0 unspecified atom stereocenters. The molecule has 32 heavy (non-hydrogen) atoms. The van der Waals surface area contributed by atoms with E-state index in [1.165, 1.54) is 31.2 Å². The van der Waals surface area contributed by atoms with Crippen LogP contribution in [0, 0.1) is 5.82 Å². The summed E-state index contributed by atoms with van der Waals surface area (Å²) in [6.07, 6.45) is 3.48. The number of halogens is 1. The van der Waals surface area contributed by atoms with Crippen molar-refractivity contribution in [2.75, 3.05) is 11.9 Å². The highest BCUT2D eigenvalue weighted by molar-refractivity contribution is 5.93. The van der Waals surface area contributed by atoms with Crippen molar-refractivity contribution in [1.82, 2.24) is 15.3 Å². The van der Waals surface area contributed by atoms with Gasteiger partial charge in [0.1, 0.15) is 11.5 Å². The molecule has 0 atom stereocenters. The van der Waals surface area contributed by atoms with E-state index in [9.17, 15) is 19.1 Å². The van der Waals surface area contributed by atoms with Crippen molar-refractivity contribution in [2.24, 2.45) is 0 Å². The molecular weight excluding hydrogens is 411 g/mol. The van der Waals surface area contributed by atoms with Crippen LogP contribution in [0.5, 0.6) is 0 Å². The van der Waals surface area contributed by atoms with Gasteiger partial charge in [0.05, 0.1) is 16.6 Å². The van der Waals surface area contributed by atoms with Gasteiger partial charge in [-0.2, -0.15) is 0 Å². The second kappa shape index (κ2) is 8.90. The highest BCUT2D eigenvalue weighted by Gasteiger charge is 2.27. The van der Waals surface area contributed by atoms with E-state index in [-0.39, 0.29) is 29.4 Å². The average Bonchev–Trinajstić information content (AvgIpc) is 2.78. The van der Waals surface area contributed by atoms with Crippen molar-refractivity contribution < 1.29 is 19.1 Å². The fraction of sp³-hybridized carbons (Fsp3) is 0.333. The Morgan fingerprint density at radius 3 is 2.34 bits per heavy atom. The lowest BCUT2D eigenvalue weighted by Gasteiger charge is -2.36. The van der Waals surface area contributed by atoms with Crippen molar-refractivity contribution in [3.05, 3.63) is 53.8 Å². The van der Waals surface area contributed by atoms with E-state index < -0.39 is 5.97 Å². The molecule has 1 amide bonds. The number of carboxylic acid groups (broad SMARTS) is 1. The molecule has 7 nitrogen and oxygen atoms in total. The predicted molar refractivity (Wildman–Crippen MR) is 120 cm³/mol. The molecule has 0 aliphatic heterocycles. The number of carbonyl (C=O) groups is 2. The summed E-state index contributed by atoms with van der Waals surface area (Å²) >= 11 is 0. The maximum atomic E-state index is 13.5. The maximum Gasteiger partial charge on any atom is 0.335 e. The zero-order valence-electron chi connectivity index (χ0n) is 18.0. The number of aromatic nitrogens is 2. The highest BCUT2D eigenvalue weighted by Crippen LogP contribution is 2.33. The molecule has 3 aromatic rings. The number of hydrogen-bond acceptors (Lipinski definition) is 5. The monoisotopic (exact) mass is 436 g/mol. The molecule has 4 rings (SSSR count). The molecule has 0 radical (unpaired) electrons. The van der Waals surface area contributed by atoms with E-state index in [1.807, 2.05) is 7.05 Å². The van der Waals surface area contributed by atoms with Crippen molar-refractivity contribution in [3.63, 3.8) is 0 Å². The molecule has 2 N–H and O–H groups in total. The van der Waals surface area contributed by atoms with Gasteiger partial charge in [0, 0.05) is 31.6 Å². The minimum atomic E-state index is -1.03. The van der Waals surface area contributed by atoms with Gasteiger partial charge in [-0.05, 0) is 68.1 Å². The lowest BCUT2D eigenvalue weighted by atomic mass is 9.90. The van der Waals surface area contributed by atoms with E-state index in [2.05, 4.69) is 10.2 Å². The zero-order valence-corrected chi connectivity index (χ0v) is 18.0. The second-order valence-electron chi connectivity index (χ2n) is 8.23. The molecule has 2 aromatic carbocycles. The van der Waals surface area contributed by atoms with Gasteiger partial charge in [-0.15, -0.1) is 0 Å². The summed E-state index contributed by atoms with van der Waals surface area (Å²) in [4.78, 5) is 34.4. The summed E-state index contributed by atoms with van der Waals surface area (Å²) in [5.74, 6) is -0.757. The Kier molecular flexibility index (Phi) is 6.03. The Bertz CT molecular complexity index is 1160. The molecule has 1 aromatic heterocycles. The number of hydrogen-bond donors (Lipinski definition) is 2. The fourth-order valence-corrected chi connectivity index (χ4v) is 4.29. The van der Waals surface area contributed by atoms with E-state index in [4.69, 9.17) is 9.97 Å². The van der Waals surface area contributed by atoms with E-state index in [0.29, 0.717) is 22.5 Å². The van der Waals surface area contributed by atoms with Gasteiger partial charge in [-0.1, -0.05) is 0 Å². The number of carboxylic acids is 1. The second-order valence-corrected chi connectivity index (χ2v) is 8.23. The van der Waals surface area contributed by atoms with Crippen molar-refractivity contribution in [2.45, 2.75) is 44.7 Å². The molecule has 166 valence electrons. The molecule has 1 fully saturated rings. The summed E-state index contributed by atoms with van der Waals surface area (Å²) in [5, 5.41) is 12.3. The normalized spacial score (nSPS) is 18.3. The lowest BCUT2D eigenvalue weighted by molar-refractivity contribution is -0.119. The first kappa shape index (κ1) is 21.7. The first-order chi connectivity index (χ1) is 15.3. The Labute approximate surface area is 185 Å². The highest BCUT2D eigenvalue weighted by atomic mass is 19.1. The largest absolute Gasteiger partial charge is 0.478 e. The van der Waals surface area contributed by atoms with Crippen LogP contribution < -0.4 is 10.2 Å². The van der Waals surface area contributed by atoms with Gasteiger partial charge in [0.25, 0.3) is 0 Å². The Morgan fingerprint density at radius 1 is 1.03 bits per heavy atom. The molecular formula is C24H25FN4O3. The fourth-order valence-electron chi connectivity index (χ4n) is 4.29. The third kappa shape index (κ3) is 4.54. The van der Waals surface area contributed by atoms with Gasteiger partial charge in [-0.3, -0.25) is 4.79 Å². The van der Waals surface area contributed by atoms with E-state index in [0.717, 1.165) is 31.2 Å². The summed E-state index contributed by atoms with van der Waals surface area (Å²) in [6.45, 7) is 1.53. The summed E-state index contributed by atoms with van der Waals surface area (Å²) < 4.78 is 13.5. The topological polar surface area (TPSA) is 95.4 Å². The minimum Gasteiger partial charge on any atom is -0.478 e. The molecule has 0 saturated heterocycles. The average molecular weight is 436 g/mol. The molecule has 0 bridgehead atoms. The standard InChI is InChI=1S/C24H25FN4O3/c1-14(30)26-18-8-10-19(11-9-18)29(2)23-22(15-3-6-17(25)7-4-15)27-20-12-5-16(24(31)32)13-21(20)28-23/h3-7,12-13,18-19H,8-11H2,1-2H3,(H,26,30)(H,31,32). The van der Waals surface area contributed by atoms with E-state index in [1.54, 1.807) is 18.2 Å². The van der Waals surface area contributed by atoms with Crippen LogP contribution in [0.2, 0.25) is 0 Å². The van der Waals surface area contributed by atoms with Gasteiger partial charge >= 0.3 is 5.97 Å². The number of benzene rings is 2. The van der Waals surface area contributed by atoms with Crippen LogP contribution in [0.25, 0.3) is 22.3 Å². The van der Waals surface area contributed by atoms with Gasteiger partial charge in [-0.25, -0.2) is 19.2 Å². The number of rotatable bonds is 5. The third-order valence-corrected chi connectivity index (χ3v) is 6.00. The number of aromatic carboxylic acids is 1. The van der Waals surface area contributed by atoms with Crippen LogP contribution in [-0.4, -0.2) is 46.1 Å². The smallest absolute Gasteiger partial charge is 0.335 e. The number of amides is 1. The number of carbonyl (C=O) groups excluding carboxylic acids is 1. The Hall–Kier alpha value is -3.55. The van der Waals surface area contributed by atoms with Crippen LogP contribution in [0.1, 0.15) is 43.0 Å². The van der Waals surface area contributed by atoms with Crippen molar-refractivity contribution in [3.8, 4) is 11.3 Å². The third-order valence-electron chi connectivity index (χ3n) is 6.00. The van der Waals surface area contributed by atoms with Crippen LogP contribution in [-0.2, 0) is 4.79 Å². The minimum absolute atomic E-state index is 0.0185.